The lowest BCUT2D eigenvalue weighted by molar-refractivity contribution is 0.368. The predicted octanol–water partition coefficient (Wildman–Crippen LogP) is 2.83. The first-order valence-electron chi connectivity index (χ1n) is 6.52. The molecule has 0 fully saturated rings. The number of hydrogen-bond acceptors (Lipinski definition) is 4. The van der Waals surface area contributed by atoms with Gasteiger partial charge in [-0.1, -0.05) is 18.2 Å². The monoisotopic (exact) mass is 267 g/mol. The number of rotatable bonds is 6. The van der Waals surface area contributed by atoms with Gasteiger partial charge in [0.15, 0.2) is 6.61 Å². The minimum atomic E-state index is 0.0777. The summed E-state index contributed by atoms with van der Waals surface area (Å²) in [5, 5.41) is 11.9. The fourth-order valence-corrected chi connectivity index (χ4v) is 1.83. The molecule has 1 heterocycles. The van der Waals surface area contributed by atoms with Crippen LogP contribution in [0.5, 0.6) is 5.75 Å². The number of ether oxygens (including phenoxy) is 1. The summed E-state index contributed by atoms with van der Waals surface area (Å²) < 4.78 is 5.21. The van der Waals surface area contributed by atoms with Crippen molar-refractivity contribution in [3.8, 4) is 11.8 Å². The molecule has 2 rings (SSSR count). The van der Waals surface area contributed by atoms with Crippen LogP contribution in [0.25, 0.3) is 0 Å². The lowest BCUT2D eigenvalue weighted by Gasteiger charge is -2.13. The van der Waals surface area contributed by atoms with E-state index < -0.39 is 0 Å². The Hall–Kier alpha value is -2.38. The van der Waals surface area contributed by atoms with Crippen LogP contribution in [0.4, 0.5) is 0 Å². The second-order valence-electron chi connectivity index (χ2n) is 4.45. The average molecular weight is 267 g/mol. The summed E-state index contributed by atoms with van der Waals surface area (Å²) >= 11 is 0. The molecule has 0 aliphatic heterocycles. The molecule has 0 saturated carbocycles. The van der Waals surface area contributed by atoms with Crippen molar-refractivity contribution in [1.29, 1.82) is 5.26 Å². The van der Waals surface area contributed by atoms with E-state index in [1.54, 1.807) is 6.20 Å². The molecule has 1 N–H and O–H groups in total. The maximum atomic E-state index is 8.44. The predicted molar refractivity (Wildman–Crippen MR) is 77.0 cm³/mol. The van der Waals surface area contributed by atoms with E-state index in [2.05, 4.69) is 17.2 Å². The first kappa shape index (κ1) is 14.0. The van der Waals surface area contributed by atoms with E-state index in [1.165, 1.54) is 0 Å². The Kier molecular flexibility index (Phi) is 5.10. The zero-order chi connectivity index (χ0) is 14.2. The summed E-state index contributed by atoms with van der Waals surface area (Å²) in [5.74, 6) is 0.716. The minimum absolute atomic E-state index is 0.0777. The summed E-state index contributed by atoms with van der Waals surface area (Å²) in [4.78, 5) is 4.33. The van der Waals surface area contributed by atoms with E-state index in [0.717, 1.165) is 17.8 Å². The summed E-state index contributed by atoms with van der Waals surface area (Å²) in [6.07, 6.45) is 1.80. The highest BCUT2D eigenvalue weighted by molar-refractivity contribution is 5.27. The molecule has 1 aromatic carbocycles. The zero-order valence-electron chi connectivity index (χ0n) is 11.4. The highest BCUT2D eigenvalue weighted by Crippen LogP contribution is 2.13. The van der Waals surface area contributed by atoms with Crippen LogP contribution in [0.3, 0.4) is 0 Å². The van der Waals surface area contributed by atoms with E-state index in [-0.39, 0.29) is 12.6 Å². The van der Waals surface area contributed by atoms with Gasteiger partial charge in [0.05, 0.1) is 5.69 Å². The van der Waals surface area contributed by atoms with Crippen LogP contribution in [-0.4, -0.2) is 11.6 Å². The number of nitriles is 1. The highest BCUT2D eigenvalue weighted by Gasteiger charge is 2.05. The average Bonchev–Trinajstić information content (AvgIpc) is 2.52. The minimum Gasteiger partial charge on any atom is -0.479 e. The molecule has 4 nitrogen and oxygen atoms in total. The van der Waals surface area contributed by atoms with Crippen LogP contribution in [0.1, 0.15) is 24.2 Å². The Morgan fingerprint density at radius 2 is 2.05 bits per heavy atom. The van der Waals surface area contributed by atoms with Gasteiger partial charge in [0, 0.05) is 18.8 Å². The molecule has 0 radical (unpaired) electrons. The van der Waals surface area contributed by atoms with E-state index in [9.17, 15) is 0 Å². The second kappa shape index (κ2) is 7.27. The summed E-state index contributed by atoms with van der Waals surface area (Å²) in [6.45, 7) is 2.93. The third kappa shape index (κ3) is 4.08. The number of nitrogens with one attached hydrogen (secondary N) is 1. The summed E-state index contributed by atoms with van der Waals surface area (Å²) in [7, 11) is 0. The molecular weight excluding hydrogens is 250 g/mol. The molecule has 1 aromatic heterocycles. The van der Waals surface area contributed by atoms with Crippen molar-refractivity contribution < 1.29 is 4.74 Å². The number of benzene rings is 1. The van der Waals surface area contributed by atoms with Crippen molar-refractivity contribution in [2.45, 2.75) is 19.5 Å². The van der Waals surface area contributed by atoms with Gasteiger partial charge in [-0.05, 0) is 36.8 Å². The quantitative estimate of drug-likeness (QED) is 0.874. The van der Waals surface area contributed by atoms with E-state index >= 15 is 0 Å². The number of aromatic nitrogens is 1. The molecule has 0 amide bonds. The molecule has 0 aliphatic carbocycles. The number of nitrogens with zero attached hydrogens (tertiary/aromatic N) is 2. The lowest BCUT2D eigenvalue weighted by Crippen LogP contribution is -2.18. The molecule has 1 atom stereocenters. The van der Waals surface area contributed by atoms with Crippen LogP contribution in [0.15, 0.2) is 48.7 Å². The Morgan fingerprint density at radius 1 is 1.25 bits per heavy atom. The molecule has 20 heavy (non-hydrogen) atoms. The SMILES string of the molecule is C[C@@H](NCc1ccc(OCC#N)cc1)c1ccccn1. The topological polar surface area (TPSA) is 57.9 Å². The maximum Gasteiger partial charge on any atom is 0.174 e. The largest absolute Gasteiger partial charge is 0.479 e. The highest BCUT2D eigenvalue weighted by atomic mass is 16.5. The van der Waals surface area contributed by atoms with Crippen LogP contribution >= 0.6 is 0 Å². The van der Waals surface area contributed by atoms with Gasteiger partial charge in [0.25, 0.3) is 0 Å². The standard InChI is InChI=1S/C16H17N3O/c1-13(16-4-2-3-10-18-16)19-12-14-5-7-15(8-6-14)20-11-9-17/h2-8,10,13,19H,11-12H2,1H3/t13-/m1/s1. The smallest absolute Gasteiger partial charge is 0.174 e. The van der Waals surface area contributed by atoms with Crippen LogP contribution in [0, 0.1) is 11.3 Å². The molecule has 0 spiro atoms. The molecule has 0 saturated heterocycles. The van der Waals surface area contributed by atoms with Crippen molar-refractivity contribution in [2.24, 2.45) is 0 Å². The molecular formula is C16H17N3O. The van der Waals surface area contributed by atoms with E-state index in [4.69, 9.17) is 10.00 Å². The normalized spacial score (nSPS) is 11.6. The summed E-state index contributed by atoms with van der Waals surface area (Å²) in [5.41, 5.74) is 2.19. The molecule has 102 valence electrons. The molecule has 0 bridgehead atoms. The molecule has 0 unspecified atom stereocenters. The van der Waals surface area contributed by atoms with Crippen molar-refractivity contribution in [3.05, 3.63) is 59.9 Å². The molecule has 2 aromatic rings. The van der Waals surface area contributed by atoms with Crippen LogP contribution < -0.4 is 10.1 Å². The van der Waals surface area contributed by atoms with E-state index in [0.29, 0.717) is 5.75 Å². The fraction of sp³-hybridized carbons (Fsp3) is 0.250. The second-order valence-corrected chi connectivity index (χ2v) is 4.45. The Bertz CT molecular complexity index is 561. The van der Waals surface area contributed by atoms with Crippen molar-refractivity contribution in [3.63, 3.8) is 0 Å². The molecule has 4 heteroatoms. The Labute approximate surface area is 119 Å². The van der Waals surface area contributed by atoms with Gasteiger partial charge in [0.2, 0.25) is 0 Å². The third-order valence-electron chi connectivity index (χ3n) is 2.97. The van der Waals surface area contributed by atoms with Crippen molar-refractivity contribution in [1.82, 2.24) is 10.3 Å². The van der Waals surface area contributed by atoms with Gasteiger partial charge in [0.1, 0.15) is 11.8 Å². The van der Waals surface area contributed by atoms with E-state index in [1.807, 2.05) is 48.5 Å². The van der Waals surface area contributed by atoms with Crippen molar-refractivity contribution >= 4 is 0 Å². The first-order valence-corrected chi connectivity index (χ1v) is 6.52. The van der Waals surface area contributed by atoms with Gasteiger partial charge >= 0.3 is 0 Å². The van der Waals surface area contributed by atoms with Crippen molar-refractivity contribution in [2.75, 3.05) is 6.61 Å². The van der Waals surface area contributed by atoms with Gasteiger partial charge in [-0.25, -0.2) is 0 Å². The maximum absolute atomic E-state index is 8.44. The number of hydrogen-bond donors (Lipinski definition) is 1. The number of pyridine rings is 1. The molecule has 0 aliphatic rings. The van der Waals surface area contributed by atoms with Gasteiger partial charge < -0.3 is 10.1 Å². The first-order chi connectivity index (χ1) is 9.79. The third-order valence-corrected chi connectivity index (χ3v) is 2.97. The fourth-order valence-electron chi connectivity index (χ4n) is 1.83. The van der Waals surface area contributed by atoms with Crippen LogP contribution in [0.2, 0.25) is 0 Å². The van der Waals surface area contributed by atoms with Gasteiger partial charge in [-0.15, -0.1) is 0 Å². The summed E-state index contributed by atoms with van der Waals surface area (Å²) in [6, 6.07) is 15.8. The Balaban J connectivity index is 1.86. The zero-order valence-corrected chi connectivity index (χ0v) is 11.4. The Morgan fingerprint density at radius 3 is 2.70 bits per heavy atom. The van der Waals surface area contributed by atoms with Gasteiger partial charge in [-0.3, -0.25) is 4.98 Å². The van der Waals surface area contributed by atoms with Crippen LogP contribution in [-0.2, 0) is 6.54 Å². The van der Waals surface area contributed by atoms with Gasteiger partial charge in [-0.2, -0.15) is 5.26 Å². The lowest BCUT2D eigenvalue weighted by atomic mass is 10.1.